The van der Waals surface area contributed by atoms with E-state index in [1.165, 1.54) is 193 Å². The van der Waals surface area contributed by atoms with Gasteiger partial charge in [0.1, 0.15) is 24.4 Å². The first-order chi connectivity index (χ1) is 31.5. The van der Waals surface area contributed by atoms with Gasteiger partial charge in [-0.15, -0.1) is 0 Å². The number of carbonyl (C=O) groups excluding carboxylic acids is 1. The number of unbranched alkanes of at least 4 members (excludes halogenated alkanes) is 36. The number of nitrogens with one attached hydrogen (secondary N) is 1. The third-order valence-corrected chi connectivity index (χ3v) is 13.9. The summed E-state index contributed by atoms with van der Waals surface area (Å²) in [5, 5.41) is 44.9. The first kappa shape index (κ1) is 62.1. The summed E-state index contributed by atoms with van der Waals surface area (Å²) in [5.74, 6) is -0.225. The molecule has 1 aliphatic rings. The standard InChI is InChI=1S/C52H103NO11S/c1-3-5-7-9-11-13-15-16-17-18-19-20-21-22-23-24-25-26-27-28-29-30-31-32-34-36-38-40-42-48(56)53-45(46(55)41-39-37-35-33-14-12-10-8-6-4-2)44-62-52-50(58)51(64-65(59,60)61)49(57)47(43-54)63-52/h45-47,49-52,54-55,57-58H,3-44H2,1-2H3,(H,53,56)(H,59,60,61). The van der Waals surface area contributed by atoms with Crippen LogP contribution in [-0.4, -0.2) is 95.4 Å². The molecule has 0 spiro atoms. The van der Waals surface area contributed by atoms with Crippen LogP contribution in [0.3, 0.4) is 0 Å². The summed E-state index contributed by atoms with van der Waals surface area (Å²) in [4.78, 5) is 13.1. The molecule has 1 fully saturated rings. The number of aliphatic hydroxyl groups is 4. The minimum Gasteiger partial charge on any atom is -0.394 e. The maximum atomic E-state index is 13.1. The van der Waals surface area contributed by atoms with E-state index in [2.05, 4.69) is 23.3 Å². The quantitative estimate of drug-likeness (QED) is 0.0251. The molecule has 0 aromatic heterocycles. The average Bonchev–Trinajstić information content (AvgIpc) is 3.28. The molecule has 1 amide bonds. The van der Waals surface area contributed by atoms with E-state index in [0.29, 0.717) is 12.8 Å². The molecule has 1 aliphatic heterocycles. The number of ether oxygens (including phenoxy) is 2. The second-order valence-electron chi connectivity index (χ2n) is 19.5. The summed E-state index contributed by atoms with van der Waals surface area (Å²) >= 11 is 0. The summed E-state index contributed by atoms with van der Waals surface area (Å²) in [6, 6.07) is -0.851. The van der Waals surface area contributed by atoms with Crippen molar-refractivity contribution >= 4 is 16.3 Å². The van der Waals surface area contributed by atoms with Crippen molar-refractivity contribution in [1.82, 2.24) is 5.32 Å². The van der Waals surface area contributed by atoms with Crippen molar-refractivity contribution in [1.29, 1.82) is 0 Å². The van der Waals surface area contributed by atoms with Crippen molar-refractivity contribution in [2.45, 2.75) is 314 Å². The zero-order valence-electron chi connectivity index (χ0n) is 41.8. The van der Waals surface area contributed by atoms with Crippen LogP contribution < -0.4 is 5.32 Å². The van der Waals surface area contributed by atoms with Gasteiger partial charge in [-0.05, 0) is 12.8 Å². The zero-order valence-corrected chi connectivity index (χ0v) is 42.7. The topological polar surface area (TPSA) is 192 Å². The summed E-state index contributed by atoms with van der Waals surface area (Å²) in [6.45, 7) is 3.46. The molecular weight excluding hydrogens is 847 g/mol. The molecule has 0 bridgehead atoms. The predicted molar refractivity (Wildman–Crippen MR) is 264 cm³/mol. The molecule has 6 N–H and O–H groups in total. The highest BCUT2D eigenvalue weighted by Crippen LogP contribution is 2.26. The van der Waals surface area contributed by atoms with Gasteiger partial charge in [-0.2, -0.15) is 8.42 Å². The lowest BCUT2D eigenvalue weighted by atomic mass is 9.99. The second-order valence-corrected chi connectivity index (χ2v) is 20.6. The normalized spacial score (nSPS) is 20.0. The fourth-order valence-electron chi connectivity index (χ4n) is 9.17. The van der Waals surface area contributed by atoms with E-state index in [1.54, 1.807) is 0 Å². The first-order valence-electron chi connectivity index (χ1n) is 27.4. The van der Waals surface area contributed by atoms with Gasteiger partial charge in [0.25, 0.3) is 0 Å². The van der Waals surface area contributed by atoms with E-state index in [4.69, 9.17) is 9.47 Å². The molecule has 1 saturated heterocycles. The number of carbonyl (C=O) groups is 1. The molecule has 388 valence electrons. The lowest BCUT2D eigenvalue weighted by Crippen LogP contribution is -2.61. The Balaban J connectivity index is 2.23. The van der Waals surface area contributed by atoms with Crippen molar-refractivity contribution < 1.29 is 51.8 Å². The van der Waals surface area contributed by atoms with E-state index in [-0.39, 0.29) is 12.5 Å². The number of amides is 1. The van der Waals surface area contributed by atoms with Crippen molar-refractivity contribution in [2.75, 3.05) is 13.2 Å². The van der Waals surface area contributed by atoms with E-state index in [0.717, 1.165) is 51.4 Å². The van der Waals surface area contributed by atoms with Crippen LogP contribution in [0.15, 0.2) is 0 Å². The molecule has 1 rings (SSSR count). The third-order valence-electron chi connectivity index (χ3n) is 13.4. The van der Waals surface area contributed by atoms with Gasteiger partial charge in [0.2, 0.25) is 5.91 Å². The third kappa shape index (κ3) is 35.8. The van der Waals surface area contributed by atoms with Gasteiger partial charge in [0, 0.05) is 6.42 Å². The molecule has 1 heterocycles. The van der Waals surface area contributed by atoms with Gasteiger partial charge in [0.05, 0.1) is 25.4 Å². The fraction of sp³-hybridized carbons (Fsp3) is 0.981. The van der Waals surface area contributed by atoms with Crippen molar-refractivity contribution in [3.63, 3.8) is 0 Å². The Hall–Kier alpha value is -0.900. The van der Waals surface area contributed by atoms with E-state index >= 15 is 0 Å². The minimum atomic E-state index is -5.07. The molecule has 13 heteroatoms. The zero-order chi connectivity index (χ0) is 47.6. The van der Waals surface area contributed by atoms with Crippen molar-refractivity contribution in [3.05, 3.63) is 0 Å². The lowest BCUT2D eigenvalue weighted by Gasteiger charge is -2.41. The molecule has 0 saturated carbocycles. The van der Waals surface area contributed by atoms with Crippen LogP contribution in [0.25, 0.3) is 0 Å². The SMILES string of the molecule is CCCCCCCCCCCCCCCCCCCCCCCCCCCCCCC(=O)NC(COC1OC(CO)C(O)C(OS(=O)(=O)O)C1O)C(O)CCCCCCCCCCCC. The molecule has 65 heavy (non-hydrogen) atoms. The van der Waals surface area contributed by atoms with Crippen LogP contribution in [-0.2, 0) is 28.9 Å². The van der Waals surface area contributed by atoms with E-state index in [1.807, 2.05) is 0 Å². The Morgan fingerprint density at radius 2 is 0.892 bits per heavy atom. The molecule has 0 aromatic carbocycles. The number of rotatable bonds is 48. The highest BCUT2D eigenvalue weighted by atomic mass is 32.3. The summed E-state index contributed by atoms with van der Waals surface area (Å²) in [6.07, 6.45) is 40.0. The molecule has 0 aliphatic carbocycles. The van der Waals surface area contributed by atoms with Crippen molar-refractivity contribution in [3.8, 4) is 0 Å². The predicted octanol–water partition coefficient (Wildman–Crippen LogP) is 12.1. The van der Waals surface area contributed by atoms with Crippen molar-refractivity contribution in [2.24, 2.45) is 0 Å². The van der Waals surface area contributed by atoms with Gasteiger partial charge in [-0.25, -0.2) is 4.18 Å². The summed E-state index contributed by atoms with van der Waals surface area (Å²) < 4.78 is 47.7. The maximum Gasteiger partial charge on any atom is 0.397 e. The number of hydrogen-bond acceptors (Lipinski definition) is 10. The van der Waals surface area contributed by atoms with E-state index < -0.39 is 59.9 Å². The summed E-state index contributed by atoms with van der Waals surface area (Å²) in [5.41, 5.74) is 0. The molecule has 12 nitrogen and oxygen atoms in total. The number of hydrogen-bond donors (Lipinski definition) is 6. The maximum absolute atomic E-state index is 13.1. The molecule has 0 aromatic rings. The first-order valence-corrected chi connectivity index (χ1v) is 28.8. The lowest BCUT2D eigenvalue weighted by molar-refractivity contribution is -0.298. The van der Waals surface area contributed by atoms with Gasteiger partial charge in [-0.3, -0.25) is 9.35 Å². The second kappa shape index (κ2) is 43.1. The highest BCUT2D eigenvalue weighted by Gasteiger charge is 2.48. The highest BCUT2D eigenvalue weighted by molar-refractivity contribution is 7.80. The molecule has 0 radical (unpaired) electrons. The molecular formula is C52H103NO11S. The Morgan fingerprint density at radius 1 is 0.554 bits per heavy atom. The van der Waals surface area contributed by atoms with Crippen LogP contribution in [0.1, 0.15) is 271 Å². The smallest absolute Gasteiger partial charge is 0.394 e. The largest absolute Gasteiger partial charge is 0.397 e. The van der Waals surface area contributed by atoms with Crippen LogP contribution >= 0.6 is 0 Å². The molecule has 7 unspecified atom stereocenters. The summed E-state index contributed by atoms with van der Waals surface area (Å²) in [7, 11) is -5.07. The van der Waals surface area contributed by atoms with Gasteiger partial charge >= 0.3 is 10.4 Å². The van der Waals surface area contributed by atoms with E-state index in [9.17, 15) is 38.2 Å². The van der Waals surface area contributed by atoms with Gasteiger partial charge < -0.3 is 35.2 Å². The van der Waals surface area contributed by atoms with Crippen LogP contribution in [0, 0.1) is 0 Å². The number of aliphatic hydroxyl groups excluding tert-OH is 4. The Labute approximate surface area is 398 Å². The fourth-order valence-corrected chi connectivity index (χ4v) is 9.68. The van der Waals surface area contributed by atoms with Gasteiger partial charge in [0.15, 0.2) is 6.29 Å². The van der Waals surface area contributed by atoms with Crippen LogP contribution in [0.5, 0.6) is 0 Å². The molecule has 7 atom stereocenters. The monoisotopic (exact) mass is 950 g/mol. The van der Waals surface area contributed by atoms with Crippen LogP contribution in [0.2, 0.25) is 0 Å². The van der Waals surface area contributed by atoms with Gasteiger partial charge in [-0.1, -0.05) is 251 Å². The minimum absolute atomic E-state index is 0.225. The average molecular weight is 950 g/mol. The Kier molecular flexibility index (Phi) is 41.2. The van der Waals surface area contributed by atoms with Crippen LogP contribution in [0.4, 0.5) is 0 Å². The Bertz CT molecular complexity index is 1160. The Morgan fingerprint density at radius 3 is 1.23 bits per heavy atom.